The first-order valence-corrected chi connectivity index (χ1v) is 15.2. The summed E-state index contributed by atoms with van der Waals surface area (Å²) >= 11 is 0. The number of fused-ring (bicyclic) bond motifs is 4. The van der Waals surface area contributed by atoms with Gasteiger partial charge in [0.1, 0.15) is 17.2 Å². The lowest BCUT2D eigenvalue weighted by Crippen LogP contribution is -2.52. The second-order valence-corrected chi connectivity index (χ2v) is 12.1. The number of allylic oxidation sites excluding steroid dienone is 2. The molecule has 1 saturated heterocycles. The van der Waals surface area contributed by atoms with Crippen molar-refractivity contribution in [3.63, 3.8) is 0 Å². The SMILES string of the molecule is COC(=O)c1cc2cc3c(c(O)c2c(=O)o1)O[C@]1(C[C@@H]3O)Oc2c(O)c3c(c(O)c2[C@H]1OC1CC(OC)C(O)C(C)O1)C(=O)C=C(OC)C3=O. The number of hydrogen-bond acceptors (Lipinski definition) is 17. The Hall–Kier alpha value is -5.20. The minimum absolute atomic E-state index is 0.00452. The molecular weight excluding hydrogens is 668 g/mol. The fraction of sp³-hybridized carbons (Fsp3) is 0.394. The molecule has 5 N–H and O–H groups in total. The molecule has 50 heavy (non-hydrogen) atoms. The van der Waals surface area contributed by atoms with Gasteiger partial charge in [0.15, 0.2) is 46.9 Å². The van der Waals surface area contributed by atoms with E-state index in [0.717, 1.165) is 26.4 Å². The summed E-state index contributed by atoms with van der Waals surface area (Å²) in [5, 5.41) is 56.2. The van der Waals surface area contributed by atoms with Crippen LogP contribution in [0.5, 0.6) is 28.7 Å². The van der Waals surface area contributed by atoms with Crippen molar-refractivity contribution in [1.82, 2.24) is 0 Å². The molecule has 2 aromatic carbocycles. The molecule has 0 amide bonds. The molecule has 17 nitrogen and oxygen atoms in total. The van der Waals surface area contributed by atoms with E-state index in [0.29, 0.717) is 0 Å². The van der Waals surface area contributed by atoms with E-state index in [1.165, 1.54) is 13.2 Å². The van der Waals surface area contributed by atoms with E-state index in [1.807, 2.05) is 0 Å². The second-order valence-electron chi connectivity index (χ2n) is 12.1. The first-order valence-electron chi connectivity index (χ1n) is 15.2. The summed E-state index contributed by atoms with van der Waals surface area (Å²) in [5.74, 6) is -9.57. The Balaban J connectivity index is 1.41. The van der Waals surface area contributed by atoms with E-state index < -0.39 is 129 Å². The van der Waals surface area contributed by atoms with Crippen LogP contribution in [0.25, 0.3) is 10.8 Å². The molecule has 4 heterocycles. The van der Waals surface area contributed by atoms with Gasteiger partial charge in [-0.2, -0.15) is 0 Å². The molecule has 0 saturated carbocycles. The van der Waals surface area contributed by atoms with Crippen molar-refractivity contribution in [3.8, 4) is 28.7 Å². The predicted molar refractivity (Wildman–Crippen MR) is 162 cm³/mol. The van der Waals surface area contributed by atoms with Gasteiger partial charge in [0.25, 0.3) is 5.79 Å². The Morgan fingerprint density at radius 3 is 2.36 bits per heavy atom. The van der Waals surface area contributed by atoms with Crippen molar-refractivity contribution in [3.05, 3.63) is 62.4 Å². The zero-order chi connectivity index (χ0) is 36.0. The van der Waals surface area contributed by atoms with Crippen molar-refractivity contribution in [2.45, 2.75) is 62.4 Å². The first-order chi connectivity index (χ1) is 23.7. The summed E-state index contributed by atoms with van der Waals surface area (Å²) in [6.07, 6.45) is -6.93. The number of carbonyl (C=O) groups is 3. The van der Waals surface area contributed by atoms with Crippen LogP contribution in [-0.4, -0.2) is 94.8 Å². The van der Waals surface area contributed by atoms with Crippen molar-refractivity contribution in [1.29, 1.82) is 0 Å². The highest BCUT2D eigenvalue weighted by atomic mass is 16.8. The van der Waals surface area contributed by atoms with Gasteiger partial charge >= 0.3 is 11.6 Å². The van der Waals surface area contributed by atoms with Crippen molar-refractivity contribution in [2.24, 2.45) is 0 Å². The molecule has 3 aromatic rings. The standard InChI is InChI=1S/C33H30O17/c1-10-23(36)16(44-3)8-18(46-10)48-30-22-25(38)20-13(34)7-15(43-2)24(37)21(20)27(40)29(22)50-33(30)9-14(35)12-5-11-6-17(31(41)45-4)47-32(42)19(11)26(39)28(12)49-33/h5-7,10,14,16,18,23,30,35-36,38-40H,8-9H2,1-4H3/t10?,14-,16?,18?,23?,30+,33+/m0/s1. The van der Waals surface area contributed by atoms with Crippen LogP contribution in [0.15, 0.2) is 33.2 Å². The fourth-order valence-electron chi connectivity index (χ4n) is 6.87. The molecule has 1 aromatic heterocycles. The van der Waals surface area contributed by atoms with Gasteiger partial charge in [-0.15, -0.1) is 0 Å². The summed E-state index contributed by atoms with van der Waals surface area (Å²) in [7, 11) is 3.58. The maximum Gasteiger partial charge on any atom is 0.374 e. The lowest BCUT2D eigenvalue weighted by atomic mass is 9.86. The van der Waals surface area contributed by atoms with E-state index >= 15 is 0 Å². The van der Waals surface area contributed by atoms with Crippen LogP contribution in [-0.2, 0) is 23.7 Å². The molecule has 4 unspecified atom stereocenters. The minimum Gasteiger partial charge on any atom is -0.507 e. The highest BCUT2D eigenvalue weighted by molar-refractivity contribution is 6.26. The number of phenols is 3. The number of ketones is 2. The van der Waals surface area contributed by atoms with Gasteiger partial charge in [-0.25, -0.2) is 9.59 Å². The molecule has 0 radical (unpaired) electrons. The number of phenolic OH excluding ortho intramolecular Hbond substituents is 3. The molecule has 1 aliphatic carbocycles. The third-order valence-corrected chi connectivity index (χ3v) is 9.30. The van der Waals surface area contributed by atoms with Crippen LogP contribution in [0.3, 0.4) is 0 Å². The number of aliphatic hydroxyl groups is 2. The molecule has 7 atom stereocenters. The van der Waals surface area contributed by atoms with Gasteiger partial charge in [-0.3, -0.25) is 9.59 Å². The molecule has 1 spiro atoms. The molecule has 7 rings (SSSR count). The molecule has 3 aliphatic heterocycles. The lowest BCUT2D eigenvalue weighted by Gasteiger charge is -2.43. The average Bonchev–Trinajstić information content (AvgIpc) is 3.38. The van der Waals surface area contributed by atoms with Crippen LogP contribution in [0.4, 0.5) is 0 Å². The smallest absolute Gasteiger partial charge is 0.374 e. The van der Waals surface area contributed by atoms with E-state index in [9.17, 15) is 44.7 Å². The Morgan fingerprint density at radius 1 is 0.960 bits per heavy atom. The highest BCUT2D eigenvalue weighted by Crippen LogP contribution is 2.62. The fourth-order valence-corrected chi connectivity index (χ4v) is 6.87. The monoisotopic (exact) mass is 698 g/mol. The van der Waals surface area contributed by atoms with Crippen molar-refractivity contribution in [2.75, 3.05) is 21.3 Å². The topological polar surface area (TPSA) is 247 Å². The number of aromatic hydroxyl groups is 3. The zero-order valence-corrected chi connectivity index (χ0v) is 26.7. The second kappa shape index (κ2) is 11.7. The molecule has 0 bridgehead atoms. The van der Waals surface area contributed by atoms with Gasteiger partial charge in [0.2, 0.25) is 11.5 Å². The summed E-state index contributed by atoms with van der Waals surface area (Å²) in [4.78, 5) is 51.5. The predicted octanol–water partition coefficient (Wildman–Crippen LogP) is 1.78. The number of hydrogen-bond donors (Lipinski definition) is 5. The summed E-state index contributed by atoms with van der Waals surface area (Å²) in [6, 6.07) is 2.41. The summed E-state index contributed by atoms with van der Waals surface area (Å²) < 4.78 is 44.7. The van der Waals surface area contributed by atoms with Gasteiger partial charge in [0, 0.05) is 25.2 Å². The summed E-state index contributed by atoms with van der Waals surface area (Å²) in [5.41, 5.74) is -2.80. The number of aliphatic hydroxyl groups excluding tert-OH is 2. The molecule has 264 valence electrons. The lowest BCUT2D eigenvalue weighted by molar-refractivity contribution is -0.302. The highest BCUT2D eigenvalue weighted by Gasteiger charge is 2.61. The largest absolute Gasteiger partial charge is 0.507 e. The normalized spacial score (nSPS) is 28.3. The molecule has 4 aliphatic rings. The first kappa shape index (κ1) is 33.3. The van der Waals surface area contributed by atoms with E-state index in [1.54, 1.807) is 6.92 Å². The van der Waals surface area contributed by atoms with E-state index in [2.05, 4.69) is 4.74 Å². The summed E-state index contributed by atoms with van der Waals surface area (Å²) in [6.45, 7) is 1.56. The number of benzene rings is 2. The zero-order valence-electron chi connectivity index (χ0n) is 26.7. The maximum atomic E-state index is 13.2. The van der Waals surface area contributed by atoms with Gasteiger partial charge < -0.3 is 63.1 Å². The minimum atomic E-state index is -2.29. The van der Waals surface area contributed by atoms with Crippen LogP contribution in [0.1, 0.15) is 74.4 Å². The molecular formula is C33H30O17. The Kier molecular flexibility index (Phi) is 7.80. The van der Waals surface area contributed by atoms with E-state index in [-0.39, 0.29) is 22.9 Å². The number of esters is 1. The third-order valence-electron chi connectivity index (χ3n) is 9.30. The van der Waals surface area contributed by atoms with E-state index in [4.69, 9.17) is 32.8 Å². The number of rotatable bonds is 5. The Morgan fingerprint density at radius 2 is 1.68 bits per heavy atom. The quantitative estimate of drug-likeness (QED) is 0.188. The Labute approximate surface area is 280 Å². The van der Waals surface area contributed by atoms with Gasteiger partial charge in [-0.1, -0.05) is 0 Å². The number of ether oxygens (including phenoxy) is 7. The number of carbonyl (C=O) groups excluding carboxylic acids is 3. The third kappa shape index (κ3) is 4.73. The number of Topliss-reactive ketones (excluding diaryl/α,β-unsaturated/α-hetero) is 1. The molecule has 17 heteroatoms. The van der Waals surface area contributed by atoms with Gasteiger partial charge in [-0.05, 0) is 24.4 Å². The van der Waals surface area contributed by atoms with Crippen molar-refractivity contribution >= 4 is 28.3 Å². The maximum absolute atomic E-state index is 13.2. The number of methoxy groups -OCH3 is 3. The van der Waals surface area contributed by atoms with Crippen molar-refractivity contribution < 1.29 is 77.5 Å². The van der Waals surface area contributed by atoms with Crippen LogP contribution in [0, 0.1) is 0 Å². The van der Waals surface area contributed by atoms with Crippen LogP contribution >= 0.6 is 0 Å². The van der Waals surface area contributed by atoms with Gasteiger partial charge in [0.05, 0.1) is 55.6 Å². The van der Waals surface area contributed by atoms with Crippen LogP contribution < -0.4 is 15.1 Å². The Bertz CT molecular complexity index is 2080. The average molecular weight is 699 g/mol. The molecule has 1 fully saturated rings. The van der Waals surface area contributed by atoms with Crippen LogP contribution in [0.2, 0.25) is 0 Å².